The number of rotatable bonds is 8. The zero-order valence-electron chi connectivity index (χ0n) is 14.7. The summed E-state index contributed by atoms with van der Waals surface area (Å²) in [5, 5.41) is 7.39. The van der Waals surface area contributed by atoms with Gasteiger partial charge in [0.1, 0.15) is 18.5 Å². The summed E-state index contributed by atoms with van der Waals surface area (Å²) in [6, 6.07) is 1.53. The van der Waals surface area contributed by atoms with E-state index in [2.05, 4.69) is 32.3 Å². The number of nitrogens with one attached hydrogen (secondary N) is 1. The number of carbonyl (C=O) groups is 1. The van der Waals surface area contributed by atoms with Crippen LogP contribution in [0.25, 0.3) is 0 Å². The maximum atomic E-state index is 11.7. The fraction of sp³-hybridized carbons (Fsp3) is 0.588. The van der Waals surface area contributed by atoms with Gasteiger partial charge in [-0.05, 0) is 25.3 Å². The van der Waals surface area contributed by atoms with Gasteiger partial charge in [0.05, 0.1) is 6.54 Å². The lowest BCUT2D eigenvalue weighted by atomic mass is 10.1. The lowest BCUT2D eigenvalue weighted by Crippen LogP contribution is -2.25. The molecule has 1 saturated heterocycles. The highest BCUT2D eigenvalue weighted by atomic mass is 16.6. The summed E-state index contributed by atoms with van der Waals surface area (Å²) in [5.41, 5.74) is 0. The SMILES string of the molecule is CCCCC(Nc1nccc(N2CCOC2=O)n1)c1nc(C2CC2)no1. The van der Waals surface area contributed by atoms with Crippen LogP contribution in [0.3, 0.4) is 0 Å². The number of aromatic nitrogens is 4. The minimum atomic E-state index is -0.386. The van der Waals surface area contributed by atoms with Crippen molar-refractivity contribution in [3.8, 4) is 0 Å². The quantitative estimate of drug-likeness (QED) is 0.767. The predicted molar refractivity (Wildman–Crippen MR) is 92.9 cm³/mol. The first-order valence-electron chi connectivity index (χ1n) is 9.12. The van der Waals surface area contributed by atoms with E-state index in [0.29, 0.717) is 36.7 Å². The molecular formula is C17H22N6O3. The maximum Gasteiger partial charge on any atom is 0.415 e. The van der Waals surface area contributed by atoms with Gasteiger partial charge in [-0.1, -0.05) is 24.9 Å². The van der Waals surface area contributed by atoms with Gasteiger partial charge in [-0.15, -0.1) is 0 Å². The highest BCUT2D eigenvalue weighted by molar-refractivity contribution is 5.88. The molecule has 9 nitrogen and oxygen atoms in total. The van der Waals surface area contributed by atoms with E-state index in [1.54, 1.807) is 12.3 Å². The lowest BCUT2D eigenvalue weighted by molar-refractivity contribution is 0.181. The molecule has 26 heavy (non-hydrogen) atoms. The molecule has 1 saturated carbocycles. The molecule has 2 aromatic heterocycles. The van der Waals surface area contributed by atoms with E-state index in [4.69, 9.17) is 9.26 Å². The van der Waals surface area contributed by atoms with Crippen molar-refractivity contribution >= 4 is 17.9 Å². The van der Waals surface area contributed by atoms with Crippen LogP contribution in [0.1, 0.15) is 62.7 Å². The van der Waals surface area contributed by atoms with Crippen molar-refractivity contribution in [3.63, 3.8) is 0 Å². The molecule has 0 aromatic carbocycles. The van der Waals surface area contributed by atoms with Crippen molar-refractivity contribution in [2.45, 2.75) is 51.0 Å². The molecule has 1 amide bonds. The average molecular weight is 358 g/mol. The zero-order chi connectivity index (χ0) is 17.9. The van der Waals surface area contributed by atoms with Crippen LogP contribution in [0, 0.1) is 0 Å². The molecule has 3 heterocycles. The number of anilines is 2. The van der Waals surface area contributed by atoms with Crippen LogP contribution in [0.5, 0.6) is 0 Å². The van der Waals surface area contributed by atoms with Crippen molar-refractivity contribution in [1.82, 2.24) is 20.1 Å². The molecule has 1 N–H and O–H groups in total. The number of unbranched alkanes of at least 4 members (excludes halogenated alkanes) is 1. The van der Waals surface area contributed by atoms with Gasteiger partial charge in [0.2, 0.25) is 11.8 Å². The molecule has 1 aliphatic heterocycles. The summed E-state index contributed by atoms with van der Waals surface area (Å²) >= 11 is 0. The van der Waals surface area contributed by atoms with E-state index in [1.165, 1.54) is 4.90 Å². The van der Waals surface area contributed by atoms with Crippen molar-refractivity contribution in [1.29, 1.82) is 0 Å². The van der Waals surface area contributed by atoms with Crippen molar-refractivity contribution in [3.05, 3.63) is 24.0 Å². The molecule has 0 spiro atoms. The molecule has 138 valence electrons. The summed E-state index contributed by atoms with van der Waals surface area (Å²) in [4.78, 5) is 26.5. The number of amides is 1. The Kier molecular flexibility index (Phi) is 4.68. The van der Waals surface area contributed by atoms with Crippen molar-refractivity contribution in [2.75, 3.05) is 23.4 Å². The van der Waals surface area contributed by atoms with Crippen molar-refractivity contribution < 1.29 is 14.1 Å². The van der Waals surface area contributed by atoms with Gasteiger partial charge in [-0.25, -0.2) is 9.78 Å². The summed E-state index contributed by atoms with van der Waals surface area (Å²) in [5.74, 6) is 2.74. The molecule has 1 atom stereocenters. The highest BCUT2D eigenvalue weighted by Gasteiger charge is 2.30. The van der Waals surface area contributed by atoms with E-state index < -0.39 is 0 Å². The summed E-state index contributed by atoms with van der Waals surface area (Å²) in [6.07, 6.45) is 6.40. The first kappa shape index (κ1) is 16.7. The van der Waals surface area contributed by atoms with Gasteiger partial charge in [0.15, 0.2) is 5.82 Å². The second kappa shape index (κ2) is 7.27. The fourth-order valence-corrected chi connectivity index (χ4v) is 2.89. The molecule has 2 fully saturated rings. The largest absolute Gasteiger partial charge is 0.447 e. The Hall–Kier alpha value is -2.71. The van der Waals surface area contributed by atoms with Gasteiger partial charge in [0, 0.05) is 12.1 Å². The summed E-state index contributed by atoms with van der Waals surface area (Å²) in [7, 11) is 0. The van der Waals surface area contributed by atoms with Crippen LogP contribution in [0.15, 0.2) is 16.8 Å². The van der Waals surface area contributed by atoms with Gasteiger partial charge < -0.3 is 14.6 Å². The van der Waals surface area contributed by atoms with Crippen LogP contribution in [0.2, 0.25) is 0 Å². The number of nitrogens with zero attached hydrogens (tertiary/aromatic N) is 5. The molecule has 0 bridgehead atoms. The zero-order valence-corrected chi connectivity index (χ0v) is 14.7. The lowest BCUT2D eigenvalue weighted by Gasteiger charge is -2.16. The Bertz CT molecular complexity index is 775. The van der Waals surface area contributed by atoms with Gasteiger partial charge >= 0.3 is 6.09 Å². The Labute approximate surface area is 151 Å². The predicted octanol–water partition coefficient (Wildman–Crippen LogP) is 3.04. The third kappa shape index (κ3) is 3.61. The molecule has 0 radical (unpaired) electrons. The van der Waals surface area contributed by atoms with Gasteiger partial charge in [-0.2, -0.15) is 9.97 Å². The van der Waals surface area contributed by atoms with E-state index in [-0.39, 0.29) is 12.1 Å². The second-order valence-corrected chi connectivity index (χ2v) is 6.61. The smallest absolute Gasteiger partial charge is 0.415 e. The van der Waals surface area contributed by atoms with Gasteiger partial charge in [-0.3, -0.25) is 4.90 Å². The summed E-state index contributed by atoms with van der Waals surface area (Å²) in [6.45, 7) is 3.00. The van der Waals surface area contributed by atoms with Crippen molar-refractivity contribution in [2.24, 2.45) is 0 Å². The fourth-order valence-electron chi connectivity index (χ4n) is 2.89. The second-order valence-electron chi connectivity index (χ2n) is 6.61. The maximum absolute atomic E-state index is 11.7. The Morgan fingerprint density at radius 3 is 3.00 bits per heavy atom. The molecule has 4 rings (SSSR count). The van der Waals surface area contributed by atoms with Crippen LogP contribution in [-0.4, -0.2) is 39.4 Å². The Morgan fingerprint density at radius 1 is 1.38 bits per heavy atom. The highest BCUT2D eigenvalue weighted by Crippen LogP contribution is 2.38. The Balaban J connectivity index is 1.52. The van der Waals surface area contributed by atoms with E-state index in [0.717, 1.165) is 37.9 Å². The normalized spacial score (nSPS) is 18.0. The minimum absolute atomic E-state index is 0.157. The molecule has 1 unspecified atom stereocenters. The van der Waals surface area contributed by atoms with Crippen LogP contribution in [-0.2, 0) is 4.74 Å². The molecule has 2 aromatic rings. The number of hydrogen-bond donors (Lipinski definition) is 1. The van der Waals surface area contributed by atoms with E-state index in [1.807, 2.05) is 0 Å². The molecule has 1 aliphatic carbocycles. The minimum Gasteiger partial charge on any atom is -0.447 e. The average Bonchev–Trinajstić information content (AvgIpc) is 3.22. The molecule has 2 aliphatic rings. The monoisotopic (exact) mass is 358 g/mol. The first-order valence-corrected chi connectivity index (χ1v) is 9.12. The van der Waals surface area contributed by atoms with Crippen LogP contribution < -0.4 is 10.2 Å². The number of cyclic esters (lactones) is 1. The van der Waals surface area contributed by atoms with Gasteiger partial charge in [0.25, 0.3) is 0 Å². The first-order chi connectivity index (χ1) is 12.7. The van der Waals surface area contributed by atoms with Crippen LogP contribution >= 0.6 is 0 Å². The third-order valence-corrected chi connectivity index (χ3v) is 4.53. The Morgan fingerprint density at radius 2 is 2.27 bits per heavy atom. The molecular weight excluding hydrogens is 336 g/mol. The van der Waals surface area contributed by atoms with E-state index >= 15 is 0 Å². The molecule has 9 heteroatoms. The van der Waals surface area contributed by atoms with E-state index in [9.17, 15) is 4.79 Å². The van der Waals surface area contributed by atoms with Crippen LogP contribution in [0.4, 0.5) is 16.6 Å². The topological polar surface area (TPSA) is 106 Å². The number of carbonyl (C=O) groups excluding carboxylic acids is 1. The summed E-state index contributed by atoms with van der Waals surface area (Å²) < 4.78 is 10.4. The third-order valence-electron chi connectivity index (χ3n) is 4.53. The number of ether oxygens (including phenoxy) is 1. The standard InChI is InChI=1S/C17H22N6O3/c1-2-3-4-12(15-21-14(22-26-15)11-5-6-11)19-16-18-8-7-13(20-16)23-9-10-25-17(23)24/h7-8,11-12H,2-6,9-10H2,1H3,(H,18,19,20). The number of hydrogen-bond acceptors (Lipinski definition) is 8.